The molecule has 0 spiro atoms. The van der Waals surface area contributed by atoms with Gasteiger partial charge in [-0.1, -0.05) is 13.3 Å². The average molecular weight is 306 g/mol. The molecule has 7 heteroatoms. The molecule has 0 unspecified atom stereocenters. The first-order valence-corrected chi connectivity index (χ1v) is 8.22. The molecule has 1 aliphatic rings. The van der Waals surface area contributed by atoms with Gasteiger partial charge in [-0.25, -0.2) is 4.68 Å². The van der Waals surface area contributed by atoms with Gasteiger partial charge in [0.05, 0.1) is 13.3 Å². The summed E-state index contributed by atoms with van der Waals surface area (Å²) in [6, 6.07) is 4.24. The molecule has 0 bridgehead atoms. The Morgan fingerprint density at radius 3 is 2.82 bits per heavy atom. The van der Waals surface area contributed by atoms with Crippen molar-refractivity contribution >= 4 is 0 Å². The van der Waals surface area contributed by atoms with E-state index in [4.69, 9.17) is 4.42 Å². The highest BCUT2D eigenvalue weighted by atomic mass is 16.3. The second kappa shape index (κ2) is 7.02. The SMILES string of the molecule is CCC[C@H](c1nnnn1Cc1ccco1)[NH+]1CC[NH+](C)CC1. The van der Waals surface area contributed by atoms with Crippen LogP contribution in [0.5, 0.6) is 0 Å². The Labute approximate surface area is 130 Å². The van der Waals surface area contributed by atoms with Crippen LogP contribution < -0.4 is 9.80 Å². The molecule has 3 rings (SSSR count). The van der Waals surface area contributed by atoms with Crippen LogP contribution in [-0.4, -0.2) is 53.4 Å². The van der Waals surface area contributed by atoms with Gasteiger partial charge in [0.1, 0.15) is 44.5 Å². The highest BCUT2D eigenvalue weighted by Gasteiger charge is 2.32. The highest BCUT2D eigenvalue weighted by Crippen LogP contribution is 2.14. The number of nitrogens with one attached hydrogen (secondary N) is 2. The van der Waals surface area contributed by atoms with Crippen molar-refractivity contribution in [2.75, 3.05) is 33.2 Å². The Kier molecular flexibility index (Phi) is 4.84. The van der Waals surface area contributed by atoms with E-state index in [0.29, 0.717) is 12.6 Å². The van der Waals surface area contributed by atoms with E-state index < -0.39 is 0 Å². The molecule has 0 aliphatic carbocycles. The number of quaternary nitrogens is 2. The third-order valence-corrected chi connectivity index (χ3v) is 4.57. The highest BCUT2D eigenvalue weighted by molar-refractivity contribution is 5.00. The van der Waals surface area contributed by atoms with E-state index in [1.54, 1.807) is 16.1 Å². The lowest BCUT2D eigenvalue weighted by Crippen LogP contribution is -3.27. The zero-order chi connectivity index (χ0) is 15.4. The Bertz CT molecular complexity index is 558. The van der Waals surface area contributed by atoms with Gasteiger partial charge >= 0.3 is 0 Å². The number of tetrazole rings is 1. The van der Waals surface area contributed by atoms with Crippen LogP contribution in [0.25, 0.3) is 0 Å². The summed E-state index contributed by atoms with van der Waals surface area (Å²) in [5, 5.41) is 12.4. The lowest BCUT2D eigenvalue weighted by Gasteiger charge is -2.32. The maximum absolute atomic E-state index is 5.43. The molecule has 2 aromatic rings. The second-order valence-electron chi connectivity index (χ2n) is 6.23. The van der Waals surface area contributed by atoms with Gasteiger partial charge in [-0.2, -0.15) is 0 Å². The first-order chi connectivity index (χ1) is 10.8. The number of hydrogen-bond donors (Lipinski definition) is 2. The Balaban J connectivity index is 1.78. The lowest BCUT2D eigenvalue weighted by molar-refractivity contribution is -1.02. The summed E-state index contributed by atoms with van der Waals surface area (Å²) in [6.07, 6.45) is 3.95. The third-order valence-electron chi connectivity index (χ3n) is 4.57. The minimum Gasteiger partial charge on any atom is -0.467 e. The van der Waals surface area contributed by atoms with E-state index in [1.807, 2.05) is 16.8 Å². The lowest BCUT2D eigenvalue weighted by atomic mass is 10.1. The number of aromatic nitrogens is 4. The summed E-state index contributed by atoms with van der Waals surface area (Å²) in [4.78, 5) is 3.23. The van der Waals surface area contributed by atoms with Crippen LogP contribution in [-0.2, 0) is 6.54 Å². The van der Waals surface area contributed by atoms with Crippen molar-refractivity contribution in [3.63, 3.8) is 0 Å². The van der Waals surface area contributed by atoms with Crippen molar-refractivity contribution in [2.24, 2.45) is 0 Å². The first kappa shape index (κ1) is 15.2. The van der Waals surface area contributed by atoms with Gasteiger partial charge in [0, 0.05) is 6.42 Å². The molecule has 2 N–H and O–H groups in total. The predicted molar refractivity (Wildman–Crippen MR) is 80.6 cm³/mol. The monoisotopic (exact) mass is 306 g/mol. The van der Waals surface area contributed by atoms with E-state index in [2.05, 4.69) is 29.5 Å². The average Bonchev–Trinajstić information content (AvgIpc) is 3.18. The number of piperazine rings is 1. The van der Waals surface area contributed by atoms with Crippen molar-refractivity contribution in [2.45, 2.75) is 32.4 Å². The Hall–Kier alpha value is -1.73. The molecule has 120 valence electrons. The number of likely N-dealkylation sites (N-methyl/N-ethyl adjacent to an activating group) is 1. The smallest absolute Gasteiger partial charge is 0.209 e. The molecule has 1 atom stereocenters. The van der Waals surface area contributed by atoms with E-state index in [9.17, 15) is 0 Å². The fourth-order valence-electron chi connectivity index (χ4n) is 3.27. The van der Waals surface area contributed by atoms with Crippen LogP contribution in [0.15, 0.2) is 22.8 Å². The number of nitrogens with zero attached hydrogens (tertiary/aromatic N) is 4. The van der Waals surface area contributed by atoms with E-state index >= 15 is 0 Å². The van der Waals surface area contributed by atoms with Gasteiger partial charge in [0.2, 0.25) is 5.82 Å². The fraction of sp³-hybridized carbons (Fsp3) is 0.667. The summed E-state index contributed by atoms with van der Waals surface area (Å²) in [7, 11) is 2.27. The molecule has 0 saturated carbocycles. The molecule has 1 saturated heterocycles. The molecule has 1 fully saturated rings. The van der Waals surface area contributed by atoms with Crippen LogP contribution in [0.2, 0.25) is 0 Å². The molecule has 2 aromatic heterocycles. The van der Waals surface area contributed by atoms with E-state index in [0.717, 1.165) is 24.4 Å². The number of furan rings is 1. The van der Waals surface area contributed by atoms with Crippen molar-refractivity contribution in [3.8, 4) is 0 Å². The molecular formula is C15H26N6O+2. The molecule has 7 nitrogen and oxygen atoms in total. The molecule has 0 aromatic carbocycles. The Morgan fingerprint density at radius 1 is 1.32 bits per heavy atom. The summed E-state index contributed by atoms with van der Waals surface area (Å²) in [6.45, 7) is 7.64. The zero-order valence-electron chi connectivity index (χ0n) is 13.5. The number of hydrogen-bond acceptors (Lipinski definition) is 4. The van der Waals surface area contributed by atoms with Gasteiger partial charge in [-0.3, -0.25) is 0 Å². The van der Waals surface area contributed by atoms with Crippen LogP contribution in [0.1, 0.15) is 37.4 Å². The van der Waals surface area contributed by atoms with Gasteiger partial charge < -0.3 is 14.2 Å². The summed E-state index contributed by atoms with van der Waals surface area (Å²) >= 11 is 0. The summed E-state index contributed by atoms with van der Waals surface area (Å²) in [5.41, 5.74) is 0. The van der Waals surface area contributed by atoms with Crippen LogP contribution >= 0.6 is 0 Å². The zero-order valence-corrected chi connectivity index (χ0v) is 13.5. The van der Waals surface area contributed by atoms with Crippen molar-refractivity contribution in [3.05, 3.63) is 30.0 Å². The van der Waals surface area contributed by atoms with Crippen molar-refractivity contribution in [1.82, 2.24) is 20.2 Å². The maximum Gasteiger partial charge on any atom is 0.209 e. The van der Waals surface area contributed by atoms with E-state index in [-0.39, 0.29) is 0 Å². The molecule has 3 heterocycles. The number of rotatable bonds is 6. The van der Waals surface area contributed by atoms with Crippen molar-refractivity contribution in [1.29, 1.82) is 0 Å². The molecule has 0 amide bonds. The molecule has 0 radical (unpaired) electrons. The second-order valence-corrected chi connectivity index (χ2v) is 6.23. The first-order valence-electron chi connectivity index (χ1n) is 8.22. The molecular weight excluding hydrogens is 280 g/mol. The van der Waals surface area contributed by atoms with Crippen LogP contribution in [0.3, 0.4) is 0 Å². The van der Waals surface area contributed by atoms with Gasteiger partial charge in [0.25, 0.3) is 0 Å². The van der Waals surface area contributed by atoms with Gasteiger partial charge in [0.15, 0.2) is 0 Å². The molecule has 1 aliphatic heterocycles. The Morgan fingerprint density at radius 2 is 2.14 bits per heavy atom. The van der Waals surface area contributed by atoms with Crippen LogP contribution in [0.4, 0.5) is 0 Å². The van der Waals surface area contributed by atoms with Gasteiger partial charge in [-0.15, -0.1) is 5.10 Å². The maximum atomic E-state index is 5.43. The fourth-order valence-corrected chi connectivity index (χ4v) is 3.27. The normalized spacial score (nSPS) is 23.5. The largest absolute Gasteiger partial charge is 0.467 e. The quantitative estimate of drug-likeness (QED) is 0.687. The van der Waals surface area contributed by atoms with E-state index in [1.165, 1.54) is 26.2 Å². The predicted octanol–water partition coefficient (Wildman–Crippen LogP) is -1.43. The van der Waals surface area contributed by atoms with Gasteiger partial charge in [-0.05, 0) is 22.6 Å². The van der Waals surface area contributed by atoms with Crippen molar-refractivity contribution < 1.29 is 14.2 Å². The summed E-state index contributed by atoms with van der Waals surface area (Å²) < 4.78 is 7.33. The topological polar surface area (TPSA) is 65.6 Å². The summed E-state index contributed by atoms with van der Waals surface area (Å²) in [5.74, 6) is 1.88. The minimum absolute atomic E-state index is 0.378. The standard InChI is InChI=1S/C15H24N6O/c1-3-5-14(20-9-7-19(2)8-10-20)15-16-17-18-21(15)12-13-6-4-11-22-13/h4,6,11,14H,3,5,7-10,12H2,1-2H3/p+2/t14-/m1/s1. The molecule has 22 heavy (non-hydrogen) atoms. The minimum atomic E-state index is 0.378. The van der Waals surface area contributed by atoms with Crippen LogP contribution in [0, 0.1) is 0 Å². The third kappa shape index (κ3) is 3.36.